The van der Waals surface area contributed by atoms with Crippen molar-refractivity contribution in [1.82, 2.24) is 18.9 Å². The average molecular weight is 737 g/mol. The van der Waals surface area contributed by atoms with Gasteiger partial charge in [0, 0.05) is 38.1 Å². The van der Waals surface area contributed by atoms with Crippen molar-refractivity contribution in [2.45, 2.75) is 0 Å². The van der Waals surface area contributed by atoms with Gasteiger partial charge in [-0.05, 0) is 63.2 Å². The molecule has 0 saturated carbocycles. The van der Waals surface area contributed by atoms with Crippen molar-refractivity contribution in [2.75, 3.05) is 0 Å². The van der Waals surface area contributed by atoms with Gasteiger partial charge in [-0.15, -0.1) is 0 Å². The first-order valence-electron chi connectivity index (χ1n) is 19.8. The predicted molar refractivity (Wildman–Crippen MR) is 242 cm³/mol. The average Bonchev–Trinajstić information content (AvgIpc) is 3.77. The van der Waals surface area contributed by atoms with Gasteiger partial charge in [0.2, 0.25) is 0 Å². The molecular formula is C54H32N4. The molecule has 4 heterocycles. The molecule has 4 aromatic heterocycles. The zero-order valence-electron chi connectivity index (χ0n) is 31.3. The molecule has 0 aliphatic heterocycles. The first kappa shape index (κ1) is 31.4. The summed E-state index contributed by atoms with van der Waals surface area (Å²) in [6, 6.07) is 69.9. The molecule has 0 fully saturated rings. The highest BCUT2D eigenvalue weighted by Crippen LogP contribution is 2.45. The third kappa shape index (κ3) is 4.29. The first-order valence-corrected chi connectivity index (χ1v) is 19.8. The van der Waals surface area contributed by atoms with Crippen molar-refractivity contribution in [2.24, 2.45) is 0 Å². The molecular weight excluding hydrogens is 705 g/mol. The molecule has 0 unspecified atom stereocenters. The Balaban J connectivity index is 1.21. The second kappa shape index (κ2) is 11.8. The van der Waals surface area contributed by atoms with Crippen LogP contribution >= 0.6 is 0 Å². The number of benzene rings is 9. The summed E-state index contributed by atoms with van der Waals surface area (Å²) in [6.07, 6.45) is 0. The number of fused-ring (bicyclic) bond motifs is 7. The lowest BCUT2D eigenvalue weighted by atomic mass is 9.96. The second-order valence-corrected chi connectivity index (χ2v) is 15.3. The van der Waals surface area contributed by atoms with E-state index in [2.05, 4.69) is 203 Å². The lowest BCUT2D eigenvalue weighted by molar-refractivity contribution is 1.08. The minimum absolute atomic E-state index is 0.804. The maximum Gasteiger partial charge on any atom is 0.165 e. The predicted octanol–water partition coefficient (Wildman–Crippen LogP) is 14.0. The van der Waals surface area contributed by atoms with Crippen LogP contribution in [-0.2, 0) is 0 Å². The van der Waals surface area contributed by atoms with Crippen LogP contribution in [0, 0.1) is 0 Å². The minimum atomic E-state index is 0.804. The standard InChI is InChI=1S/C54H32N4/c1-3-14-33(15-4-1)34-28-30-36(31-29-34)51-54(56-52-43(55-51)32-37-18-7-8-19-38(37)48(52)35-16-5-2-6-17-35)58-45-25-12-21-40-42-23-11-22-41-39-20-9-10-24-44(39)57(53(41)42)46-26-13-27-47(58)50(46)49(40)45/h1-32H. The number of para-hydroxylation sites is 2. The van der Waals surface area contributed by atoms with Crippen molar-refractivity contribution in [3.63, 3.8) is 0 Å². The largest absolute Gasteiger partial charge is 0.308 e. The van der Waals surface area contributed by atoms with Gasteiger partial charge in [0.1, 0.15) is 5.69 Å². The van der Waals surface area contributed by atoms with Gasteiger partial charge in [-0.2, -0.15) is 0 Å². The van der Waals surface area contributed by atoms with E-state index < -0.39 is 0 Å². The Morgan fingerprint density at radius 2 is 0.914 bits per heavy atom. The van der Waals surface area contributed by atoms with Gasteiger partial charge in [0.15, 0.2) is 5.82 Å². The summed E-state index contributed by atoms with van der Waals surface area (Å²) in [5.74, 6) is 0.804. The Morgan fingerprint density at radius 3 is 1.72 bits per heavy atom. The molecule has 4 heteroatoms. The maximum atomic E-state index is 5.82. The maximum absolute atomic E-state index is 5.82. The molecule has 0 bridgehead atoms. The second-order valence-electron chi connectivity index (χ2n) is 15.3. The fourth-order valence-electron chi connectivity index (χ4n) is 9.76. The van der Waals surface area contributed by atoms with Crippen LogP contribution in [0.2, 0.25) is 0 Å². The molecule has 0 spiro atoms. The van der Waals surface area contributed by atoms with Gasteiger partial charge < -0.3 is 4.40 Å². The molecule has 9 aromatic carbocycles. The SMILES string of the molecule is c1ccc(-c2ccc(-c3nc4cc5ccccc5c(-c5ccccc5)c4nc3-n3c4cccc5c6cccc7c8ccccc8n(c8cccc3c8c54)c67)cc2)cc1. The summed E-state index contributed by atoms with van der Waals surface area (Å²) in [5.41, 5.74) is 14.0. The van der Waals surface area contributed by atoms with Crippen LogP contribution in [0.3, 0.4) is 0 Å². The van der Waals surface area contributed by atoms with Gasteiger partial charge in [0.05, 0.1) is 38.6 Å². The Morgan fingerprint density at radius 1 is 0.362 bits per heavy atom. The fourth-order valence-corrected chi connectivity index (χ4v) is 9.76. The Labute approximate surface area is 332 Å². The molecule has 0 radical (unpaired) electrons. The summed E-state index contributed by atoms with van der Waals surface area (Å²) in [7, 11) is 0. The highest BCUT2D eigenvalue weighted by atomic mass is 15.1. The van der Waals surface area contributed by atoms with Gasteiger partial charge in [-0.25, -0.2) is 9.97 Å². The highest BCUT2D eigenvalue weighted by molar-refractivity contribution is 6.31. The normalized spacial score (nSPS) is 12.1. The van der Waals surface area contributed by atoms with Gasteiger partial charge in [0.25, 0.3) is 0 Å². The van der Waals surface area contributed by atoms with Gasteiger partial charge >= 0.3 is 0 Å². The van der Waals surface area contributed by atoms with Crippen molar-refractivity contribution in [1.29, 1.82) is 0 Å². The van der Waals surface area contributed by atoms with Crippen molar-refractivity contribution in [3.05, 3.63) is 194 Å². The molecule has 0 aliphatic rings. The third-order valence-corrected chi connectivity index (χ3v) is 12.2. The zero-order chi connectivity index (χ0) is 37.9. The Kier molecular flexibility index (Phi) is 6.41. The van der Waals surface area contributed by atoms with Crippen LogP contribution in [0.25, 0.3) is 121 Å². The Bertz CT molecular complexity index is 3770. The molecule has 4 nitrogen and oxygen atoms in total. The van der Waals surface area contributed by atoms with E-state index in [4.69, 9.17) is 9.97 Å². The van der Waals surface area contributed by atoms with Crippen LogP contribution in [0.1, 0.15) is 0 Å². The monoisotopic (exact) mass is 736 g/mol. The van der Waals surface area contributed by atoms with E-state index >= 15 is 0 Å². The molecule has 0 saturated heterocycles. The van der Waals surface area contributed by atoms with E-state index in [0.29, 0.717) is 0 Å². The van der Waals surface area contributed by atoms with Crippen molar-refractivity contribution >= 4 is 81.7 Å². The molecule has 0 aliphatic carbocycles. The van der Waals surface area contributed by atoms with Crippen LogP contribution in [-0.4, -0.2) is 18.9 Å². The number of hydrogen-bond donors (Lipinski definition) is 0. The summed E-state index contributed by atoms with van der Waals surface area (Å²) >= 11 is 0. The summed E-state index contributed by atoms with van der Waals surface area (Å²) in [5, 5.41) is 9.70. The molecule has 13 aromatic rings. The number of rotatable bonds is 4. The zero-order valence-corrected chi connectivity index (χ0v) is 31.3. The van der Waals surface area contributed by atoms with Gasteiger partial charge in [-0.3, -0.25) is 4.57 Å². The van der Waals surface area contributed by atoms with E-state index in [-0.39, 0.29) is 0 Å². The lowest BCUT2D eigenvalue weighted by Gasteiger charge is -2.17. The van der Waals surface area contributed by atoms with Crippen molar-refractivity contribution in [3.8, 4) is 39.3 Å². The minimum Gasteiger partial charge on any atom is -0.308 e. The lowest BCUT2D eigenvalue weighted by Crippen LogP contribution is -2.05. The van der Waals surface area contributed by atoms with Crippen molar-refractivity contribution < 1.29 is 0 Å². The molecule has 268 valence electrons. The van der Waals surface area contributed by atoms with E-state index in [9.17, 15) is 0 Å². The fraction of sp³-hybridized carbons (Fsp3) is 0. The first-order chi connectivity index (χ1) is 28.8. The highest BCUT2D eigenvalue weighted by Gasteiger charge is 2.25. The van der Waals surface area contributed by atoms with E-state index in [1.807, 2.05) is 0 Å². The van der Waals surface area contributed by atoms with E-state index in [0.717, 1.165) is 66.6 Å². The summed E-state index contributed by atoms with van der Waals surface area (Å²) < 4.78 is 4.87. The number of nitrogens with zero attached hydrogens (tertiary/aromatic N) is 4. The smallest absolute Gasteiger partial charge is 0.165 e. The quantitative estimate of drug-likeness (QED) is 0.169. The van der Waals surface area contributed by atoms with Crippen LogP contribution in [0.5, 0.6) is 0 Å². The Hall–Kier alpha value is -7.82. The van der Waals surface area contributed by atoms with Crippen LogP contribution < -0.4 is 0 Å². The third-order valence-electron chi connectivity index (χ3n) is 12.2. The molecule has 58 heavy (non-hydrogen) atoms. The summed E-state index contributed by atoms with van der Waals surface area (Å²) in [4.78, 5) is 11.5. The molecule has 13 rings (SSSR count). The number of hydrogen-bond acceptors (Lipinski definition) is 2. The van der Waals surface area contributed by atoms with Crippen LogP contribution in [0.15, 0.2) is 194 Å². The summed E-state index contributed by atoms with van der Waals surface area (Å²) in [6.45, 7) is 0. The van der Waals surface area contributed by atoms with E-state index in [1.165, 1.54) is 54.4 Å². The van der Waals surface area contributed by atoms with Crippen LogP contribution in [0.4, 0.5) is 0 Å². The number of aromatic nitrogens is 4. The van der Waals surface area contributed by atoms with Gasteiger partial charge in [-0.1, -0.05) is 164 Å². The molecule has 0 N–H and O–H groups in total. The van der Waals surface area contributed by atoms with E-state index in [1.54, 1.807) is 0 Å². The molecule has 0 atom stereocenters. The topological polar surface area (TPSA) is 35.1 Å². The molecule has 0 amide bonds.